The highest BCUT2D eigenvalue weighted by molar-refractivity contribution is 6.29. The molecule has 0 unspecified atom stereocenters. The lowest BCUT2D eigenvalue weighted by atomic mass is 10.1. The van der Waals surface area contributed by atoms with Crippen LogP contribution in [0.2, 0.25) is 5.15 Å². The van der Waals surface area contributed by atoms with Gasteiger partial charge in [0.25, 0.3) is 0 Å². The van der Waals surface area contributed by atoms with E-state index in [2.05, 4.69) is 23.2 Å². The summed E-state index contributed by atoms with van der Waals surface area (Å²) in [6.45, 7) is 0.482. The van der Waals surface area contributed by atoms with Crippen LogP contribution in [0.25, 0.3) is 10.8 Å². The zero-order valence-corrected chi connectivity index (χ0v) is 11.0. The standard InChI is InChI=1S/C16H12ClNO/c17-16-10-12(8-9-18-16)11-19-15-7-3-5-13-4-1-2-6-14(13)15/h1-10H,11H2. The Labute approximate surface area is 116 Å². The van der Waals surface area contributed by atoms with Gasteiger partial charge < -0.3 is 4.74 Å². The first-order valence-electron chi connectivity index (χ1n) is 6.04. The molecule has 0 fully saturated rings. The molecule has 0 bridgehead atoms. The SMILES string of the molecule is Clc1cc(COc2cccc3ccccc23)ccn1. The second-order valence-corrected chi connectivity index (χ2v) is 4.64. The van der Waals surface area contributed by atoms with E-state index in [1.807, 2.05) is 36.4 Å². The second kappa shape index (κ2) is 5.29. The number of aromatic nitrogens is 1. The number of hydrogen-bond donors (Lipinski definition) is 0. The highest BCUT2D eigenvalue weighted by Crippen LogP contribution is 2.25. The average Bonchev–Trinajstić information content (AvgIpc) is 2.45. The number of nitrogens with zero attached hydrogens (tertiary/aromatic N) is 1. The number of ether oxygens (including phenoxy) is 1. The minimum Gasteiger partial charge on any atom is -0.488 e. The highest BCUT2D eigenvalue weighted by atomic mass is 35.5. The Morgan fingerprint density at radius 2 is 1.84 bits per heavy atom. The fraction of sp³-hybridized carbons (Fsp3) is 0.0625. The average molecular weight is 270 g/mol. The van der Waals surface area contributed by atoms with Crippen LogP contribution in [0.4, 0.5) is 0 Å². The predicted octanol–water partition coefficient (Wildman–Crippen LogP) is 4.47. The zero-order chi connectivity index (χ0) is 13.1. The van der Waals surface area contributed by atoms with Crippen LogP contribution < -0.4 is 4.74 Å². The van der Waals surface area contributed by atoms with Crippen molar-refractivity contribution >= 4 is 22.4 Å². The van der Waals surface area contributed by atoms with Crippen molar-refractivity contribution in [3.05, 3.63) is 71.5 Å². The first-order valence-corrected chi connectivity index (χ1v) is 6.42. The van der Waals surface area contributed by atoms with Crippen LogP contribution in [0.15, 0.2) is 60.8 Å². The molecule has 0 atom stereocenters. The van der Waals surface area contributed by atoms with Crippen LogP contribution >= 0.6 is 11.6 Å². The molecule has 0 spiro atoms. The van der Waals surface area contributed by atoms with Crippen LogP contribution in [0.5, 0.6) is 5.75 Å². The monoisotopic (exact) mass is 269 g/mol. The second-order valence-electron chi connectivity index (χ2n) is 4.25. The Kier molecular flexibility index (Phi) is 3.34. The molecule has 2 nitrogen and oxygen atoms in total. The summed E-state index contributed by atoms with van der Waals surface area (Å²) in [5.74, 6) is 0.881. The summed E-state index contributed by atoms with van der Waals surface area (Å²) in [5.41, 5.74) is 1.01. The van der Waals surface area contributed by atoms with Crippen LogP contribution in [0.1, 0.15) is 5.56 Å². The summed E-state index contributed by atoms with van der Waals surface area (Å²) >= 11 is 5.85. The predicted molar refractivity (Wildman–Crippen MR) is 77.5 cm³/mol. The van der Waals surface area contributed by atoms with E-state index in [1.54, 1.807) is 6.20 Å². The van der Waals surface area contributed by atoms with E-state index < -0.39 is 0 Å². The summed E-state index contributed by atoms with van der Waals surface area (Å²) in [7, 11) is 0. The number of pyridine rings is 1. The number of fused-ring (bicyclic) bond motifs is 1. The van der Waals surface area contributed by atoms with E-state index >= 15 is 0 Å². The van der Waals surface area contributed by atoms with Gasteiger partial charge in [-0.1, -0.05) is 48.0 Å². The third-order valence-corrected chi connectivity index (χ3v) is 3.14. The Balaban J connectivity index is 1.86. The van der Waals surface area contributed by atoms with Gasteiger partial charge in [0.15, 0.2) is 0 Å². The van der Waals surface area contributed by atoms with Crippen LogP contribution in [0, 0.1) is 0 Å². The molecular weight excluding hydrogens is 258 g/mol. The molecule has 0 aliphatic rings. The van der Waals surface area contributed by atoms with Crippen LogP contribution in [-0.2, 0) is 6.61 Å². The number of halogens is 1. The van der Waals surface area contributed by atoms with Gasteiger partial charge in [-0.3, -0.25) is 0 Å². The number of rotatable bonds is 3. The van der Waals surface area contributed by atoms with Crippen molar-refractivity contribution in [2.75, 3.05) is 0 Å². The Morgan fingerprint density at radius 3 is 2.74 bits per heavy atom. The maximum absolute atomic E-state index is 5.87. The maximum Gasteiger partial charge on any atom is 0.129 e. The largest absolute Gasteiger partial charge is 0.488 e. The smallest absolute Gasteiger partial charge is 0.129 e. The Hall–Kier alpha value is -2.06. The molecule has 2 aromatic carbocycles. The summed E-state index contributed by atoms with van der Waals surface area (Å²) in [4.78, 5) is 3.95. The van der Waals surface area contributed by atoms with E-state index in [-0.39, 0.29) is 0 Å². The Morgan fingerprint density at radius 1 is 1.00 bits per heavy atom. The van der Waals surface area contributed by atoms with Gasteiger partial charge in [-0.05, 0) is 29.1 Å². The fourth-order valence-corrected chi connectivity index (χ4v) is 2.21. The molecule has 3 rings (SSSR count). The lowest BCUT2D eigenvalue weighted by Gasteiger charge is -2.09. The van der Waals surface area contributed by atoms with Gasteiger partial charge in [-0.2, -0.15) is 0 Å². The molecule has 1 heterocycles. The minimum atomic E-state index is 0.482. The molecule has 0 aliphatic carbocycles. The topological polar surface area (TPSA) is 22.1 Å². The molecule has 94 valence electrons. The maximum atomic E-state index is 5.87. The number of hydrogen-bond acceptors (Lipinski definition) is 2. The third-order valence-electron chi connectivity index (χ3n) is 2.93. The molecule has 0 amide bonds. The molecule has 0 aliphatic heterocycles. The van der Waals surface area contributed by atoms with Crippen molar-refractivity contribution < 1.29 is 4.74 Å². The van der Waals surface area contributed by atoms with E-state index in [1.165, 1.54) is 5.39 Å². The van der Waals surface area contributed by atoms with E-state index in [4.69, 9.17) is 16.3 Å². The van der Waals surface area contributed by atoms with Crippen molar-refractivity contribution in [1.82, 2.24) is 4.98 Å². The summed E-state index contributed by atoms with van der Waals surface area (Å²) in [5, 5.41) is 2.77. The molecular formula is C16H12ClNO. The van der Waals surface area contributed by atoms with Gasteiger partial charge >= 0.3 is 0 Å². The van der Waals surface area contributed by atoms with Crippen molar-refractivity contribution in [2.45, 2.75) is 6.61 Å². The molecule has 1 aromatic heterocycles. The quantitative estimate of drug-likeness (QED) is 0.655. The summed E-state index contributed by atoms with van der Waals surface area (Å²) < 4.78 is 5.87. The van der Waals surface area contributed by atoms with Gasteiger partial charge in [-0.25, -0.2) is 4.98 Å². The highest BCUT2D eigenvalue weighted by Gasteiger charge is 2.02. The van der Waals surface area contributed by atoms with Crippen LogP contribution in [-0.4, -0.2) is 4.98 Å². The zero-order valence-electron chi connectivity index (χ0n) is 10.2. The molecule has 0 N–H and O–H groups in total. The molecule has 0 saturated carbocycles. The first kappa shape index (κ1) is 12.0. The number of benzene rings is 2. The lowest BCUT2D eigenvalue weighted by molar-refractivity contribution is 0.310. The molecule has 3 heteroatoms. The van der Waals surface area contributed by atoms with Gasteiger partial charge in [-0.15, -0.1) is 0 Å². The van der Waals surface area contributed by atoms with Gasteiger partial charge in [0, 0.05) is 11.6 Å². The van der Waals surface area contributed by atoms with Crippen LogP contribution in [0.3, 0.4) is 0 Å². The van der Waals surface area contributed by atoms with Gasteiger partial charge in [0.1, 0.15) is 17.5 Å². The van der Waals surface area contributed by atoms with Gasteiger partial charge in [0.2, 0.25) is 0 Å². The van der Waals surface area contributed by atoms with E-state index in [9.17, 15) is 0 Å². The summed E-state index contributed by atoms with van der Waals surface area (Å²) in [6.07, 6.45) is 1.68. The lowest BCUT2D eigenvalue weighted by Crippen LogP contribution is -1.96. The minimum absolute atomic E-state index is 0.482. The molecule has 19 heavy (non-hydrogen) atoms. The Bertz CT molecular complexity index is 706. The third kappa shape index (κ3) is 2.69. The van der Waals surface area contributed by atoms with Crippen molar-refractivity contribution in [1.29, 1.82) is 0 Å². The van der Waals surface area contributed by atoms with Crippen molar-refractivity contribution in [3.8, 4) is 5.75 Å². The van der Waals surface area contributed by atoms with Crippen molar-refractivity contribution in [3.63, 3.8) is 0 Å². The molecule has 0 radical (unpaired) electrons. The molecule has 3 aromatic rings. The normalized spacial score (nSPS) is 10.6. The first-order chi connectivity index (χ1) is 9.33. The summed E-state index contributed by atoms with van der Waals surface area (Å²) in [6, 6.07) is 17.9. The van der Waals surface area contributed by atoms with E-state index in [0.717, 1.165) is 16.7 Å². The van der Waals surface area contributed by atoms with Gasteiger partial charge in [0.05, 0.1) is 0 Å². The van der Waals surface area contributed by atoms with Crippen molar-refractivity contribution in [2.24, 2.45) is 0 Å². The van der Waals surface area contributed by atoms with E-state index in [0.29, 0.717) is 11.8 Å². The molecule has 0 saturated heterocycles. The fourth-order valence-electron chi connectivity index (χ4n) is 2.01.